The van der Waals surface area contributed by atoms with Crippen LogP contribution in [0.4, 0.5) is 6.01 Å². The zero-order valence-corrected chi connectivity index (χ0v) is 19.6. The fraction of sp³-hybridized carbons (Fsp3) is 0.318. The molecule has 3 aromatic rings. The molecule has 11 heteroatoms. The SMILES string of the molecule is CCOc1cc(C(=O)Nc2nnc(-c3cccc(S(C)(=O)=O)c3)o2)cc(OCC)c1OCC. The fourth-order valence-electron chi connectivity index (χ4n) is 2.94. The van der Waals surface area contributed by atoms with E-state index >= 15 is 0 Å². The second kappa shape index (κ2) is 10.3. The Morgan fingerprint density at radius 2 is 1.61 bits per heavy atom. The largest absolute Gasteiger partial charge is 0.490 e. The summed E-state index contributed by atoms with van der Waals surface area (Å²) in [4.78, 5) is 13.0. The summed E-state index contributed by atoms with van der Waals surface area (Å²) in [6.07, 6.45) is 1.11. The van der Waals surface area contributed by atoms with Crippen LogP contribution in [0.15, 0.2) is 45.7 Å². The van der Waals surface area contributed by atoms with Crippen LogP contribution in [0.5, 0.6) is 17.2 Å². The van der Waals surface area contributed by atoms with Gasteiger partial charge in [0.15, 0.2) is 21.3 Å². The normalized spacial score (nSPS) is 11.2. The van der Waals surface area contributed by atoms with E-state index in [0.717, 1.165) is 6.26 Å². The number of carbonyl (C=O) groups excluding carboxylic acids is 1. The predicted octanol–water partition coefficient (Wildman–Crippen LogP) is 3.59. The average molecular weight is 476 g/mol. The highest BCUT2D eigenvalue weighted by atomic mass is 32.2. The number of aromatic nitrogens is 2. The molecule has 0 saturated carbocycles. The van der Waals surface area contributed by atoms with Crippen LogP contribution in [0.3, 0.4) is 0 Å². The molecule has 1 heterocycles. The molecule has 0 fully saturated rings. The van der Waals surface area contributed by atoms with Crippen LogP contribution in [-0.4, -0.2) is 50.6 Å². The van der Waals surface area contributed by atoms with E-state index in [1.165, 1.54) is 12.1 Å². The van der Waals surface area contributed by atoms with E-state index in [4.69, 9.17) is 18.6 Å². The number of nitrogens with zero attached hydrogens (tertiary/aromatic N) is 2. The van der Waals surface area contributed by atoms with Crippen molar-refractivity contribution in [2.75, 3.05) is 31.4 Å². The number of ether oxygens (including phenoxy) is 3. The average Bonchev–Trinajstić information content (AvgIpc) is 3.24. The molecule has 176 valence electrons. The lowest BCUT2D eigenvalue weighted by atomic mass is 10.1. The monoisotopic (exact) mass is 475 g/mol. The molecule has 0 aliphatic rings. The van der Waals surface area contributed by atoms with E-state index in [0.29, 0.717) is 42.6 Å². The van der Waals surface area contributed by atoms with Crippen molar-refractivity contribution in [3.8, 4) is 28.7 Å². The van der Waals surface area contributed by atoms with Crippen molar-refractivity contribution in [2.24, 2.45) is 0 Å². The van der Waals surface area contributed by atoms with Gasteiger partial charge in [-0.3, -0.25) is 10.1 Å². The molecule has 3 rings (SSSR count). The topological polar surface area (TPSA) is 130 Å². The molecule has 1 aromatic heterocycles. The van der Waals surface area contributed by atoms with Crippen LogP contribution >= 0.6 is 0 Å². The Hall–Kier alpha value is -3.60. The number of hydrogen-bond donors (Lipinski definition) is 1. The van der Waals surface area contributed by atoms with Gasteiger partial charge in [0.2, 0.25) is 11.6 Å². The van der Waals surface area contributed by atoms with Crippen LogP contribution in [0.2, 0.25) is 0 Å². The van der Waals surface area contributed by atoms with Gasteiger partial charge in [-0.2, -0.15) is 0 Å². The maximum atomic E-state index is 12.9. The van der Waals surface area contributed by atoms with E-state index in [-0.39, 0.29) is 22.4 Å². The van der Waals surface area contributed by atoms with Crippen LogP contribution in [-0.2, 0) is 9.84 Å². The van der Waals surface area contributed by atoms with E-state index in [1.807, 2.05) is 20.8 Å². The van der Waals surface area contributed by atoms with E-state index < -0.39 is 15.7 Å². The molecule has 1 amide bonds. The predicted molar refractivity (Wildman–Crippen MR) is 121 cm³/mol. The quantitative estimate of drug-likeness (QED) is 0.467. The van der Waals surface area contributed by atoms with Gasteiger partial charge in [-0.25, -0.2) is 8.42 Å². The number of nitrogens with one attached hydrogen (secondary N) is 1. The highest BCUT2D eigenvalue weighted by Gasteiger charge is 2.20. The maximum absolute atomic E-state index is 12.9. The minimum Gasteiger partial charge on any atom is -0.490 e. The highest BCUT2D eigenvalue weighted by Crippen LogP contribution is 2.39. The summed E-state index contributed by atoms with van der Waals surface area (Å²) in [6.45, 7) is 6.62. The fourth-order valence-corrected chi connectivity index (χ4v) is 3.61. The lowest BCUT2D eigenvalue weighted by Crippen LogP contribution is -2.13. The maximum Gasteiger partial charge on any atom is 0.322 e. The number of sulfone groups is 1. The molecule has 0 saturated heterocycles. The van der Waals surface area contributed by atoms with Gasteiger partial charge in [0, 0.05) is 17.4 Å². The van der Waals surface area contributed by atoms with Gasteiger partial charge in [-0.05, 0) is 51.1 Å². The Bertz CT molecular complexity index is 1210. The van der Waals surface area contributed by atoms with Gasteiger partial charge in [-0.1, -0.05) is 11.2 Å². The third-order valence-corrected chi connectivity index (χ3v) is 5.44. The summed E-state index contributed by atoms with van der Waals surface area (Å²) in [6, 6.07) is 9.02. The molecule has 0 aliphatic carbocycles. The molecule has 0 bridgehead atoms. The summed E-state index contributed by atoms with van der Waals surface area (Å²) < 4.78 is 46.0. The zero-order valence-electron chi connectivity index (χ0n) is 18.7. The number of carbonyl (C=O) groups is 1. The molecular weight excluding hydrogens is 450 g/mol. The number of rotatable bonds is 10. The molecule has 2 aromatic carbocycles. The van der Waals surface area contributed by atoms with Crippen molar-refractivity contribution in [3.05, 3.63) is 42.0 Å². The number of anilines is 1. The Labute approximate surface area is 191 Å². The van der Waals surface area contributed by atoms with E-state index in [9.17, 15) is 13.2 Å². The van der Waals surface area contributed by atoms with Crippen molar-refractivity contribution in [1.29, 1.82) is 0 Å². The van der Waals surface area contributed by atoms with Crippen molar-refractivity contribution in [1.82, 2.24) is 10.2 Å². The summed E-state index contributed by atoms with van der Waals surface area (Å²) in [5.74, 6) is 0.703. The molecule has 1 N–H and O–H groups in total. The third kappa shape index (κ3) is 5.80. The standard InChI is InChI=1S/C22H25N3O7S/c1-5-29-17-12-15(13-18(30-6-2)19(17)31-7-3)20(26)23-22-25-24-21(32-22)14-9-8-10-16(11-14)33(4,27)28/h8-13H,5-7H2,1-4H3,(H,23,25,26). The Morgan fingerprint density at radius 3 is 2.18 bits per heavy atom. The van der Waals surface area contributed by atoms with E-state index in [2.05, 4.69) is 15.5 Å². The van der Waals surface area contributed by atoms with Crippen molar-refractivity contribution in [3.63, 3.8) is 0 Å². The van der Waals surface area contributed by atoms with Gasteiger partial charge < -0.3 is 18.6 Å². The van der Waals surface area contributed by atoms with Gasteiger partial charge in [-0.15, -0.1) is 5.10 Å². The zero-order chi connectivity index (χ0) is 24.0. The molecule has 0 atom stereocenters. The smallest absolute Gasteiger partial charge is 0.322 e. The first kappa shape index (κ1) is 24.1. The highest BCUT2D eigenvalue weighted by molar-refractivity contribution is 7.90. The van der Waals surface area contributed by atoms with Gasteiger partial charge in [0.1, 0.15) is 0 Å². The lowest BCUT2D eigenvalue weighted by molar-refractivity contribution is 0.102. The molecule has 0 spiro atoms. The molecule has 0 aliphatic heterocycles. The summed E-state index contributed by atoms with van der Waals surface area (Å²) >= 11 is 0. The van der Waals surface area contributed by atoms with Crippen LogP contribution in [0.25, 0.3) is 11.5 Å². The Kier molecular flexibility index (Phi) is 7.54. The minimum absolute atomic E-state index is 0.0625. The van der Waals surface area contributed by atoms with Crippen LogP contribution in [0.1, 0.15) is 31.1 Å². The molecule has 0 unspecified atom stereocenters. The van der Waals surface area contributed by atoms with Crippen molar-refractivity contribution >= 4 is 21.8 Å². The Balaban J connectivity index is 1.87. The minimum atomic E-state index is -3.40. The summed E-state index contributed by atoms with van der Waals surface area (Å²) in [7, 11) is -3.40. The Morgan fingerprint density at radius 1 is 0.970 bits per heavy atom. The first-order chi connectivity index (χ1) is 15.8. The molecule has 33 heavy (non-hydrogen) atoms. The second-order valence-electron chi connectivity index (χ2n) is 6.77. The number of benzene rings is 2. The summed E-state index contributed by atoms with van der Waals surface area (Å²) in [5, 5.41) is 10.3. The number of amides is 1. The van der Waals surface area contributed by atoms with Crippen LogP contribution < -0.4 is 19.5 Å². The second-order valence-corrected chi connectivity index (χ2v) is 8.78. The number of hydrogen-bond acceptors (Lipinski definition) is 9. The summed E-state index contributed by atoms with van der Waals surface area (Å²) in [5.41, 5.74) is 0.647. The first-order valence-electron chi connectivity index (χ1n) is 10.3. The third-order valence-electron chi connectivity index (χ3n) is 4.33. The van der Waals surface area contributed by atoms with Crippen LogP contribution in [0, 0.1) is 0 Å². The molecule has 10 nitrogen and oxygen atoms in total. The van der Waals surface area contributed by atoms with E-state index in [1.54, 1.807) is 24.3 Å². The van der Waals surface area contributed by atoms with Gasteiger partial charge >= 0.3 is 6.01 Å². The van der Waals surface area contributed by atoms with Crippen molar-refractivity contribution < 1.29 is 31.8 Å². The lowest BCUT2D eigenvalue weighted by Gasteiger charge is -2.16. The first-order valence-corrected chi connectivity index (χ1v) is 12.2. The molecular formula is C22H25N3O7S. The van der Waals surface area contributed by atoms with Gasteiger partial charge in [0.25, 0.3) is 5.91 Å². The van der Waals surface area contributed by atoms with Crippen molar-refractivity contribution in [2.45, 2.75) is 25.7 Å². The molecule has 0 radical (unpaired) electrons. The van der Waals surface area contributed by atoms with Gasteiger partial charge in [0.05, 0.1) is 24.7 Å².